The van der Waals surface area contributed by atoms with Gasteiger partial charge in [-0.1, -0.05) is 11.3 Å². The van der Waals surface area contributed by atoms with E-state index < -0.39 is 10.5 Å². The number of thiazole rings is 1. The summed E-state index contributed by atoms with van der Waals surface area (Å²) in [5.74, 6) is 0.244. The number of ether oxygens (including phenoxy) is 1. The number of hydrogen-bond acceptors (Lipinski definition) is 6. The van der Waals surface area contributed by atoms with Gasteiger partial charge in [-0.3, -0.25) is 0 Å². The Morgan fingerprint density at radius 1 is 1.63 bits per heavy atom. The summed E-state index contributed by atoms with van der Waals surface area (Å²) < 4.78 is 7.02. The van der Waals surface area contributed by atoms with Crippen LogP contribution < -0.4 is 5.32 Å². The molecule has 2 aromatic rings. The molecular formula is C11H16N4O3S. The van der Waals surface area contributed by atoms with Crippen molar-refractivity contribution < 1.29 is 9.66 Å². The molecule has 2 rings (SSSR count). The van der Waals surface area contributed by atoms with Crippen LogP contribution in [0.2, 0.25) is 0 Å². The van der Waals surface area contributed by atoms with Crippen molar-refractivity contribution in [3.8, 4) is 0 Å². The summed E-state index contributed by atoms with van der Waals surface area (Å²) in [5.41, 5.74) is -0.403. The average molecular weight is 284 g/mol. The molecule has 0 spiro atoms. The number of hydrogen-bond donors (Lipinski definition) is 1. The van der Waals surface area contributed by atoms with Gasteiger partial charge in [-0.15, -0.1) is 0 Å². The van der Waals surface area contributed by atoms with Gasteiger partial charge >= 0.3 is 5.82 Å². The molecule has 0 fully saturated rings. The molecule has 104 valence electrons. The topological polar surface area (TPSA) is 81.7 Å². The van der Waals surface area contributed by atoms with Crippen molar-refractivity contribution in [2.45, 2.75) is 26.4 Å². The summed E-state index contributed by atoms with van der Waals surface area (Å²) in [6, 6.07) is 0. The van der Waals surface area contributed by atoms with Crippen LogP contribution >= 0.6 is 11.3 Å². The number of anilines is 1. The number of rotatable bonds is 6. The molecule has 19 heavy (non-hydrogen) atoms. The molecule has 1 N–H and O–H groups in total. The van der Waals surface area contributed by atoms with Crippen LogP contribution in [0.4, 0.5) is 11.6 Å². The van der Waals surface area contributed by atoms with Gasteiger partial charge in [0.2, 0.25) is 5.82 Å². The number of nitrogens with one attached hydrogen (secondary N) is 1. The van der Waals surface area contributed by atoms with E-state index in [1.54, 1.807) is 11.6 Å². The minimum atomic E-state index is -0.428. The van der Waals surface area contributed by atoms with Crippen LogP contribution in [0.3, 0.4) is 0 Å². The Balaban J connectivity index is 2.23. The Morgan fingerprint density at radius 2 is 2.37 bits per heavy atom. The first-order valence-corrected chi connectivity index (χ1v) is 6.80. The zero-order chi connectivity index (χ0) is 14.0. The summed E-state index contributed by atoms with van der Waals surface area (Å²) in [4.78, 5) is 15.5. The summed E-state index contributed by atoms with van der Waals surface area (Å²) in [7, 11) is 0. The summed E-state index contributed by atoms with van der Waals surface area (Å²) in [5, 5.41) is 15.9. The first-order valence-electron chi connectivity index (χ1n) is 5.92. The molecule has 0 aromatic carbocycles. The van der Waals surface area contributed by atoms with Crippen molar-refractivity contribution in [3.63, 3.8) is 0 Å². The molecule has 0 bridgehead atoms. The fourth-order valence-corrected chi connectivity index (χ4v) is 2.51. The van der Waals surface area contributed by atoms with Crippen molar-refractivity contribution in [3.05, 3.63) is 21.7 Å². The summed E-state index contributed by atoms with van der Waals surface area (Å²) in [6.07, 6.45) is 1.64. The highest BCUT2D eigenvalue weighted by Crippen LogP contribution is 2.28. The fourth-order valence-electron chi connectivity index (χ4n) is 1.81. The van der Waals surface area contributed by atoms with E-state index in [9.17, 15) is 10.1 Å². The smallest absolute Gasteiger partial charge is 0.372 e. The van der Waals surface area contributed by atoms with Crippen LogP contribution in [0.15, 0.2) is 11.6 Å². The highest BCUT2D eigenvalue weighted by molar-refractivity contribution is 7.15. The minimum Gasteiger partial charge on any atom is -0.374 e. The monoisotopic (exact) mass is 284 g/mol. The maximum atomic E-state index is 11.1. The van der Waals surface area contributed by atoms with Crippen molar-refractivity contribution in [1.29, 1.82) is 0 Å². The van der Waals surface area contributed by atoms with Gasteiger partial charge in [-0.25, -0.2) is 0 Å². The van der Waals surface area contributed by atoms with Gasteiger partial charge < -0.3 is 20.2 Å². The molecule has 2 heterocycles. The second-order valence-electron chi connectivity index (χ2n) is 4.64. The Morgan fingerprint density at radius 3 is 3.00 bits per heavy atom. The Kier molecular flexibility index (Phi) is 3.72. The third kappa shape index (κ3) is 2.85. The molecular weight excluding hydrogens is 268 g/mol. The normalized spacial score (nSPS) is 11.9. The van der Waals surface area contributed by atoms with E-state index in [0.717, 1.165) is 0 Å². The lowest BCUT2D eigenvalue weighted by Gasteiger charge is -2.24. The molecule has 0 amide bonds. The first kappa shape index (κ1) is 13.8. The maximum Gasteiger partial charge on any atom is 0.372 e. The van der Waals surface area contributed by atoms with Gasteiger partial charge in [0.25, 0.3) is 4.96 Å². The van der Waals surface area contributed by atoms with Crippen molar-refractivity contribution in [2.24, 2.45) is 0 Å². The standard InChI is InChI=1S/C11H16N4O3S/c1-4-18-11(2,3)7-12-8-9(15(16)17)14-5-6-19-10(14)13-8/h5-6,12H,4,7H2,1-3H3. The van der Waals surface area contributed by atoms with Crippen molar-refractivity contribution in [2.75, 3.05) is 18.5 Å². The zero-order valence-corrected chi connectivity index (χ0v) is 11.9. The molecule has 7 nitrogen and oxygen atoms in total. The third-order valence-corrected chi connectivity index (χ3v) is 3.38. The quantitative estimate of drug-likeness (QED) is 0.651. The van der Waals surface area contributed by atoms with Gasteiger partial charge in [0, 0.05) is 18.5 Å². The molecule has 0 aliphatic rings. The van der Waals surface area contributed by atoms with E-state index in [2.05, 4.69) is 10.3 Å². The second-order valence-corrected chi connectivity index (χ2v) is 5.52. The van der Waals surface area contributed by atoms with Crippen LogP contribution in [0.25, 0.3) is 4.96 Å². The third-order valence-electron chi connectivity index (χ3n) is 2.63. The summed E-state index contributed by atoms with van der Waals surface area (Å²) in [6.45, 7) is 6.81. The van der Waals surface area contributed by atoms with Gasteiger partial charge in [0.05, 0.1) is 5.60 Å². The van der Waals surface area contributed by atoms with Crippen LogP contribution in [0.1, 0.15) is 20.8 Å². The van der Waals surface area contributed by atoms with Gasteiger partial charge in [0.15, 0.2) is 0 Å². The Labute approximate surface area is 114 Å². The molecule has 0 atom stereocenters. The Hall–Kier alpha value is -1.67. The van der Waals surface area contributed by atoms with E-state index >= 15 is 0 Å². The number of nitro groups is 1. The van der Waals surface area contributed by atoms with Gasteiger partial charge in [-0.05, 0) is 25.7 Å². The average Bonchev–Trinajstić information content (AvgIpc) is 2.84. The number of nitrogens with zero attached hydrogens (tertiary/aromatic N) is 3. The molecule has 0 saturated heterocycles. The number of fused-ring (bicyclic) bond motifs is 1. The molecule has 0 radical (unpaired) electrons. The zero-order valence-electron chi connectivity index (χ0n) is 11.0. The van der Waals surface area contributed by atoms with Crippen LogP contribution in [-0.2, 0) is 4.74 Å². The van der Waals surface area contributed by atoms with E-state index in [1.165, 1.54) is 15.7 Å². The largest absolute Gasteiger partial charge is 0.374 e. The fraction of sp³-hybridized carbons (Fsp3) is 0.545. The lowest BCUT2D eigenvalue weighted by Crippen LogP contribution is -2.33. The highest BCUT2D eigenvalue weighted by Gasteiger charge is 2.26. The highest BCUT2D eigenvalue weighted by atomic mass is 32.1. The molecule has 2 aromatic heterocycles. The Bertz CT molecular complexity index is 590. The molecule has 0 unspecified atom stereocenters. The predicted octanol–water partition coefficient (Wildman–Crippen LogP) is 2.53. The van der Waals surface area contributed by atoms with Crippen molar-refractivity contribution in [1.82, 2.24) is 9.38 Å². The number of imidazole rings is 1. The van der Waals surface area contributed by atoms with Crippen LogP contribution in [0.5, 0.6) is 0 Å². The minimum absolute atomic E-state index is 0.0384. The molecule has 0 aliphatic carbocycles. The first-order chi connectivity index (χ1) is 8.94. The predicted molar refractivity (Wildman–Crippen MR) is 73.9 cm³/mol. The van der Waals surface area contributed by atoms with E-state index in [-0.39, 0.29) is 11.6 Å². The SMILES string of the molecule is CCOC(C)(C)CNc1nc2sccn2c1[N+](=O)[O-]. The van der Waals surface area contributed by atoms with Crippen LogP contribution in [0, 0.1) is 10.1 Å². The van der Waals surface area contributed by atoms with E-state index in [0.29, 0.717) is 18.1 Å². The molecule has 0 aliphatic heterocycles. The second kappa shape index (κ2) is 5.14. The van der Waals surface area contributed by atoms with Crippen LogP contribution in [-0.4, -0.2) is 33.1 Å². The van der Waals surface area contributed by atoms with Gasteiger partial charge in [0.1, 0.15) is 6.20 Å². The molecule has 8 heteroatoms. The van der Waals surface area contributed by atoms with Crippen molar-refractivity contribution >= 4 is 27.9 Å². The van der Waals surface area contributed by atoms with E-state index in [4.69, 9.17) is 4.74 Å². The van der Waals surface area contributed by atoms with E-state index in [1.807, 2.05) is 20.8 Å². The maximum absolute atomic E-state index is 11.1. The molecule has 0 saturated carbocycles. The lowest BCUT2D eigenvalue weighted by molar-refractivity contribution is -0.389. The van der Waals surface area contributed by atoms with Gasteiger partial charge in [-0.2, -0.15) is 9.38 Å². The summed E-state index contributed by atoms with van der Waals surface area (Å²) >= 11 is 1.36. The number of aromatic nitrogens is 2. The lowest BCUT2D eigenvalue weighted by atomic mass is 10.1.